The van der Waals surface area contributed by atoms with E-state index in [4.69, 9.17) is 42.6 Å². The molecule has 0 aliphatic carbocycles. The smallest absolute Gasteiger partial charge is 0.236 e. The highest BCUT2D eigenvalue weighted by atomic mass is 28.2. The Labute approximate surface area is 232 Å². The molecule has 1 saturated heterocycles. The van der Waals surface area contributed by atoms with Crippen molar-refractivity contribution in [1.29, 1.82) is 0 Å². The third-order valence-corrected chi connectivity index (χ3v) is 6.38. The van der Waals surface area contributed by atoms with Crippen LogP contribution in [0.1, 0.15) is 66.8 Å². The summed E-state index contributed by atoms with van der Waals surface area (Å²) in [7, 11) is 4.81. The predicted molar refractivity (Wildman–Crippen MR) is 143 cm³/mol. The summed E-state index contributed by atoms with van der Waals surface area (Å²) in [5.74, 6) is 0.512. The molecule has 2 aromatic carbocycles. The Morgan fingerprint density at radius 3 is 2.08 bits per heavy atom. The number of carbonyl (C=O) groups is 1. The average Bonchev–Trinajstić information content (AvgIpc) is 2.92. The van der Waals surface area contributed by atoms with Gasteiger partial charge in [0.05, 0.1) is 18.8 Å². The number of benzene rings is 2. The van der Waals surface area contributed by atoms with Gasteiger partial charge >= 0.3 is 0 Å². The van der Waals surface area contributed by atoms with E-state index in [0.29, 0.717) is 36.5 Å². The van der Waals surface area contributed by atoms with Gasteiger partial charge in [0.2, 0.25) is 15.5 Å². The van der Waals surface area contributed by atoms with Crippen LogP contribution in [0.3, 0.4) is 0 Å². The Hall–Kier alpha value is -2.51. The minimum Gasteiger partial charge on any atom is -0.467 e. The lowest BCUT2D eigenvalue weighted by Crippen LogP contribution is -2.19. The fraction of sp³-hybridized carbons (Fsp3) is 0.536. The minimum atomic E-state index is -0.457. The van der Waals surface area contributed by atoms with Crippen LogP contribution >= 0.6 is 0 Å². The molecule has 11 heteroatoms. The van der Waals surface area contributed by atoms with Crippen LogP contribution in [0.5, 0.6) is 17.2 Å². The van der Waals surface area contributed by atoms with Crippen molar-refractivity contribution < 1.29 is 47.4 Å². The summed E-state index contributed by atoms with van der Waals surface area (Å²) in [6, 6.07) is 8.86. The molecule has 2 radical (unpaired) electrons. The third-order valence-electron chi connectivity index (χ3n) is 5.48. The van der Waals surface area contributed by atoms with E-state index < -0.39 is 6.10 Å². The maximum atomic E-state index is 14.4. The highest BCUT2D eigenvalue weighted by Gasteiger charge is 2.31. The molecule has 214 valence electrons. The molecular weight excluding hydrogens is 524 g/mol. The van der Waals surface area contributed by atoms with Gasteiger partial charge in [0.15, 0.2) is 20.4 Å². The highest BCUT2D eigenvalue weighted by molar-refractivity contribution is 6.31. The predicted octanol–water partition coefficient (Wildman–Crippen LogP) is 5.00. The van der Waals surface area contributed by atoms with Gasteiger partial charge in [0, 0.05) is 21.3 Å². The van der Waals surface area contributed by atoms with E-state index in [9.17, 15) is 4.79 Å². The fourth-order valence-corrected chi connectivity index (χ4v) is 4.57. The summed E-state index contributed by atoms with van der Waals surface area (Å²) in [4.78, 5) is 25.3. The summed E-state index contributed by atoms with van der Waals surface area (Å²) in [6.07, 6.45) is 1.01. The van der Waals surface area contributed by atoms with Crippen molar-refractivity contribution in [1.82, 2.24) is 0 Å². The Bertz CT molecular complexity index is 1030. The molecule has 10 nitrogen and oxygen atoms in total. The molecule has 2 aromatic rings. The van der Waals surface area contributed by atoms with Gasteiger partial charge in [-0.15, -0.1) is 0 Å². The van der Waals surface area contributed by atoms with Crippen molar-refractivity contribution in [3.8, 4) is 17.2 Å². The second-order valence-electron chi connectivity index (χ2n) is 9.86. The van der Waals surface area contributed by atoms with Crippen LogP contribution in [-0.4, -0.2) is 63.9 Å². The van der Waals surface area contributed by atoms with Gasteiger partial charge in [-0.05, 0) is 47.2 Å². The van der Waals surface area contributed by atoms with E-state index in [0.717, 1.165) is 12.0 Å². The standard InChI is InChI=1S/C28H38O10Si/c1-28(2,3)39-37-15-19-13-23(34-17-31-5)26(24(14-19)35-18-32-6)27(29)25-20(21-11-8-12-36-38-21)9-7-10-22(25)33-16-30-4/h7,9-10,13-14,21H,8,11-12,15-18H2,1-6H3. The molecular formula is C28H38O10Si. The number of ether oxygens (including phenoxy) is 6. The van der Waals surface area contributed by atoms with Crippen LogP contribution in [0.15, 0.2) is 30.3 Å². The van der Waals surface area contributed by atoms with Gasteiger partial charge in [0.25, 0.3) is 0 Å². The zero-order valence-corrected chi connectivity index (χ0v) is 24.5. The van der Waals surface area contributed by atoms with Gasteiger partial charge in [0.1, 0.15) is 28.9 Å². The summed E-state index contributed by atoms with van der Waals surface area (Å²) in [6.45, 7) is 6.92. The van der Waals surface area contributed by atoms with E-state index in [1.54, 1.807) is 24.3 Å². The van der Waals surface area contributed by atoms with Crippen molar-refractivity contribution in [2.45, 2.75) is 51.4 Å². The molecule has 1 aliphatic rings. The number of hydrogen-bond donors (Lipinski definition) is 0. The lowest BCUT2D eigenvalue weighted by atomic mass is 9.91. The zero-order chi connectivity index (χ0) is 28.3. The first kappa shape index (κ1) is 31.0. The summed E-state index contributed by atoms with van der Waals surface area (Å²) >= 11 is 0. The van der Waals surface area contributed by atoms with Crippen LogP contribution in [0.2, 0.25) is 5.04 Å². The Morgan fingerprint density at radius 2 is 1.54 bits per heavy atom. The van der Waals surface area contributed by atoms with E-state index in [-0.39, 0.29) is 58.0 Å². The Morgan fingerprint density at radius 1 is 0.923 bits per heavy atom. The number of rotatable bonds is 15. The maximum absolute atomic E-state index is 14.4. The SMILES string of the molecule is COCOc1cc(CO[Si]C(C)(C)C)cc(OCOC)c1C(=O)c1c(OCOC)cccc1C1CCCOO1. The second-order valence-corrected chi connectivity index (χ2v) is 11.9. The van der Waals surface area contributed by atoms with Crippen LogP contribution in [0.4, 0.5) is 0 Å². The first-order chi connectivity index (χ1) is 18.8. The number of carbonyl (C=O) groups excluding carboxylic acids is 1. The molecule has 1 heterocycles. The molecule has 3 rings (SSSR count). The molecule has 0 amide bonds. The van der Waals surface area contributed by atoms with E-state index >= 15 is 0 Å². The lowest BCUT2D eigenvalue weighted by Gasteiger charge is -2.25. The first-order valence-electron chi connectivity index (χ1n) is 12.7. The van der Waals surface area contributed by atoms with Gasteiger partial charge in [-0.1, -0.05) is 32.9 Å². The Balaban J connectivity index is 2.13. The number of hydrogen-bond acceptors (Lipinski definition) is 10. The van der Waals surface area contributed by atoms with Crippen LogP contribution < -0.4 is 14.2 Å². The number of ketones is 1. The van der Waals surface area contributed by atoms with Crippen LogP contribution in [0, 0.1) is 0 Å². The summed E-state index contributed by atoms with van der Waals surface area (Å²) < 4.78 is 39.0. The molecule has 0 bridgehead atoms. The largest absolute Gasteiger partial charge is 0.467 e. The molecule has 1 unspecified atom stereocenters. The van der Waals surface area contributed by atoms with Crippen molar-refractivity contribution >= 4 is 15.5 Å². The molecule has 39 heavy (non-hydrogen) atoms. The Kier molecular flexibility index (Phi) is 12.2. The summed E-state index contributed by atoms with van der Waals surface area (Å²) in [5, 5.41) is 0.0217. The van der Waals surface area contributed by atoms with Crippen LogP contribution in [-0.2, 0) is 35.0 Å². The molecule has 1 fully saturated rings. The van der Waals surface area contributed by atoms with Gasteiger partial charge in [-0.3, -0.25) is 4.79 Å². The van der Waals surface area contributed by atoms with Crippen molar-refractivity contribution in [3.05, 3.63) is 52.6 Å². The third kappa shape index (κ3) is 9.00. The van der Waals surface area contributed by atoms with Crippen molar-refractivity contribution in [2.75, 3.05) is 48.3 Å². The van der Waals surface area contributed by atoms with Crippen LogP contribution in [0.25, 0.3) is 0 Å². The van der Waals surface area contributed by atoms with Gasteiger partial charge in [-0.2, -0.15) is 0 Å². The quantitative estimate of drug-likeness (QED) is 0.128. The van der Waals surface area contributed by atoms with Gasteiger partial charge in [-0.25, -0.2) is 9.78 Å². The zero-order valence-electron chi connectivity index (χ0n) is 23.5. The molecule has 0 aromatic heterocycles. The minimum absolute atomic E-state index is 0.0217. The normalized spacial score (nSPS) is 15.7. The molecule has 0 N–H and O–H groups in total. The van der Waals surface area contributed by atoms with Gasteiger partial charge < -0.3 is 32.8 Å². The first-order valence-corrected chi connectivity index (χ1v) is 13.6. The van der Waals surface area contributed by atoms with E-state index in [2.05, 4.69) is 20.8 Å². The van der Waals surface area contributed by atoms with Crippen molar-refractivity contribution in [2.24, 2.45) is 0 Å². The molecule has 0 spiro atoms. The summed E-state index contributed by atoms with van der Waals surface area (Å²) in [5.41, 5.74) is 1.89. The second kappa shape index (κ2) is 15.3. The molecule has 0 saturated carbocycles. The highest BCUT2D eigenvalue weighted by Crippen LogP contribution is 2.40. The topological polar surface area (TPSA) is 100 Å². The number of methoxy groups -OCH3 is 3. The molecule has 1 atom stereocenters. The maximum Gasteiger partial charge on any atom is 0.236 e. The molecule has 1 aliphatic heterocycles. The lowest BCUT2D eigenvalue weighted by molar-refractivity contribution is -0.348. The van der Waals surface area contributed by atoms with E-state index in [1.165, 1.54) is 21.3 Å². The van der Waals surface area contributed by atoms with E-state index in [1.807, 2.05) is 6.07 Å². The monoisotopic (exact) mass is 562 g/mol. The average molecular weight is 563 g/mol. The fourth-order valence-electron chi connectivity index (χ4n) is 3.90. The van der Waals surface area contributed by atoms with Crippen molar-refractivity contribution in [3.63, 3.8) is 0 Å².